The van der Waals surface area contributed by atoms with Crippen molar-refractivity contribution < 1.29 is 9.90 Å². The second kappa shape index (κ2) is 5.27. The van der Waals surface area contributed by atoms with Gasteiger partial charge in [-0.1, -0.05) is 12.2 Å². The molecule has 1 fully saturated rings. The molecule has 3 aliphatic rings. The standard InChI is InChI=1S/C16H21N3O2/c1-2-3-7-16(18-19-16)8-6-14(20)17-11-15(21)10-12-4-5-13(15)9-12/h1,4-5,12-13,21H,3,6-11H2,(H,17,20). The molecule has 0 radical (unpaired) electrons. The highest BCUT2D eigenvalue weighted by Gasteiger charge is 2.47. The molecule has 5 heteroatoms. The summed E-state index contributed by atoms with van der Waals surface area (Å²) in [6.45, 7) is 0.336. The van der Waals surface area contributed by atoms with Crippen LogP contribution in [-0.4, -0.2) is 28.8 Å². The number of allylic oxidation sites excluding steroid dienone is 1. The molecule has 2 bridgehead atoms. The van der Waals surface area contributed by atoms with Gasteiger partial charge in [-0.05, 0) is 18.8 Å². The van der Waals surface area contributed by atoms with E-state index in [0.29, 0.717) is 31.7 Å². The molecule has 0 aromatic rings. The molecule has 3 rings (SSSR count). The average molecular weight is 287 g/mol. The number of nitrogens with one attached hydrogen (secondary N) is 1. The van der Waals surface area contributed by atoms with Crippen molar-refractivity contribution in [3.8, 4) is 12.3 Å². The summed E-state index contributed by atoms with van der Waals surface area (Å²) in [4.78, 5) is 11.9. The highest BCUT2D eigenvalue weighted by Crippen LogP contribution is 2.45. The molecule has 1 amide bonds. The van der Waals surface area contributed by atoms with Gasteiger partial charge in [0.25, 0.3) is 0 Å². The summed E-state index contributed by atoms with van der Waals surface area (Å²) < 4.78 is 0. The Morgan fingerprint density at radius 2 is 2.24 bits per heavy atom. The number of fused-ring (bicyclic) bond motifs is 2. The van der Waals surface area contributed by atoms with E-state index in [9.17, 15) is 9.90 Å². The Balaban J connectivity index is 1.39. The molecule has 5 nitrogen and oxygen atoms in total. The van der Waals surface area contributed by atoms with Gasteiger partial charge < -0.3 is 10.4 Å². The Labute approximate surface area is 124 Å². The lowest BCUT2D eigenvalue weighted by Gasteiger charge is -2.30. The highest BCUT2D eigenvalue weighted by atomic mass is 16.3. The third kappa shape index (κ3) is 3.01. The van der Waals surface area contributed by atoms with Crippen molar-refractivity contribution >= 4 is 5.91 Å². The van der Waals surface area contributed by atoms with E-state index >= 15 is 0 Å². The number of amides is 1. The van der Waals surface area contributed by atoms with Gasteiger partial charge in [-0.2, -0.15) is 10.2 Å². The predicted octanol–water partition coefficient (Wildman–Crippen LogP) is 1.79. The Kier molecular flexibility index (Phi) is 3.58. The van der Waals surface area contributed by atoms with E-state index in [1.807, 2.05) is 0 Å². The third-order valence-electron chi connectivity index (χ3n) is 4.87. The minimum atomic E-state index is -0.759. The van der Waals surface area contributed by atoms with Gasteiger partial charge in [0.15, 0.2) is 5.66 Å². The molecule has 3 atom stereocenters. The number of aliphatic hydroxyl groups is 1. The summed E-state index contributed by atoms with van der Waals surface area (Å²) >= 11 is 0. The van der Waals surface area contributed by atoms with Crippen LogP contribution in [0.25, 0.3) is 0 Å². The SMILES string of the molecule is C#CCCC1(CCC(=O)NCC2(O)CC3C=CC2C3)N=N1. The van der Waals surface area contributed by atoms with Gasteiger partial charge in [0.05, 0.1) is 5.60 Å². The largest absolute Gasteiger partial charge is 0.387 e. The van der Waals surface area contributed by atoms with E-state index in [1.165, 1.54) is 0 Å². The molecule has 0 saturated heterocycles. The topological polar surface area (TPSA) is 74.0 Å². The Morgan fingerprint density at radius 3 is 2.81 bits per heavy atom. The third-order valence-corrected chi connectivity index (χ3v) is 4.87. The lowest BCUT2D eigenvalue weighted by Crippen LogP contribution is -2.45. The summed E-state index contributed by atoms with van der Waals surface area (Å²) in [6, 6.07) is 0. The normalized spacial score (nSPS) is 33.9. The molecule has 0 aromatic heterocycles. The maximum absolute atomic E-state index is 11.9. The Hall–Kier alpha value is -1.67. The molecule has 1 aliphatic heterocycles. The van der Waals surface area contributed by atoms with Crippen molar-refractivity contribution in [1.29, 1.82) is 0 Å². The summed E-state index contributed by atoms with van der Waals surface area (Å²) in [5.74, 6) is 3.20. The number of hydrogen-bond donors (Lipinski definition) is 2. The van der Waals surface area contributed by atoms with Crippen molar-refractivity contribution in [3.05, 3.63) is 12.2 Å². The number of nitrogens with zero attached hydrogens (tertiary/aromatic N) is 2. The Morgan fingerprint density at radius 1 is 1.43 bits per heavy atom. The van der Waals surface area contributed by atoms with Crippen LogP contribution in [0.2, 0.25) is 0 Å². The monoisotopic (exact) mass is 287 g/mol. The fraction of sp³-hybridized carbons (Fsp3) is 0.688. The van der Waals surface area contributed by atoms with Gasteiger partial charge in [0, 0.05) is 38.1 Å². The van der Waals surface area contributed by atoms with Crippen LogP contribution in [0.3, 0.4) is 0 Å². The van der Waals surface area contributed by atoms with Gasteiger partial charge >= 0.3 is 0 Å². The van der Waals surface area contributed by atoms with Gasteiger partial charge in [-0.25, -0.2) is 0 Å². The van der Waals surface area contributed by atoms with Crippen molar-refractivity contribution in [2.24, 2.45) is 22.1 Å². The van der Waals surface area contributed by atoms with E-state index < -0.39 is 11.3 Å². The van der Waals surface area contributed by atoms with Crippen LogP contribution in [0.4, 0.5) is 0 Å². The van der Waals surface area contributed by atoms with Gasteiger partial charge in [0.1, 0.15) is 0 Å². The van der Waals surface area contributed by atoms with Crippen LogP contribution in [0.1, 0.15) is 38.5 Å². The summed E-state index contributed by atoms with van der Waals surface area (Å²) in [6.07, 6.45) is 13.6. The molecule has 112 valence electrons. The van der Waals surface area contributed by atoms with Gasteiger partial charge in [-0.15, -0.1) is 12.3 Å². The lowest BCUT2D eigenvalue weighted by molar-refractivity contribution is -0.122. The number of rotatable bonds is 7. The number of carbonyl (C=O) groups is 1. The quantitative estimate of drug-likeness (QED) is 0.553. The fourth-order valence-corrected chi connectivity index (χ4v) is 3.45. The second-order valence-electron chi connectivity index (χ2n) is 6.46. The summed E-state index contributed by atoms with van der Waals surface area (Å²) in [5, 5.41) is 21.5. The van der Waals surface area contributed by atoms with E-state index in [4.69, 9.17) is 6.42 Å². The maximum Gasteiger partial charge on any atom is 0.220 e. The molecule has 0 spiro atoms. The van der Waals surface area contributed by atoms with Crippen LogP contribution in [-0.2, 0) is 4.79 Å². The first-order valence-corrected chi connectivity index (χ1v) is 7.60. The number of terminal acetylenes is 1. The number of carbonyl (C=O) groups excluding carboxylic acids is 1. The first kappa shape index (κ1) is 14.3. The fourth-order valence-electron chi connectivity index (χ4n) is 3.45. The molecule has 1 heterocycles. The lowest BCUT2D eigenvalue weighted by atomic mass is 9.88. The zero-order chi connectivity index (χ0) is 14.9. The first-order chi connectivity index (χ1) is 10.1. The smallest absolute Gasteiger partial charge is 0.220 e. The molecule has 2 aliphatic carbocycles. The maximum atomic E-state index is 11.9. The van der Waals surface area contributed by atoms with Crippen molar-refractivity contribution in [3.63, 3.8) is 0 Å². The van der Waals surface area contributed by atoms with Crippen LogP contribution < -0.4 is 5.32 Å². The highest BCUT2D eigenvalue weighted by molar-refractivity contribution is 5.76. The molecule has 0 aromatic carbocycles. The van der Waals surface area contributed by atoms with E-state index in [0.717, 1.165) is 19.3 Å². The molecule has 3 unspecified atom stereocenters. The van der Waals surface area contributed by atoms with Crippen LogP contribution >= 0.6 is 0 Å². The van der Waals surface area contributed by atoms with E-state index in [2.05, 4.69) is 33.6 Å². The van der Waals surface area contributed by atoms with Crippen LogP contribution in [0.5, 0.6) is 0 Å². The predicted molar refractivity (Wildman–Crippen MR) is 78.2 cm³/mol. The molecule has 21 heavy (non-hydrogen) atoms. The molecule has 2 N–H and O–H groups in total. The van der Waals surface area contributed by atoms with Crippen LogP contribution in [0.15, 0.2) is 22.4 Å². The zero-order valence-electron chi connectivity index (χ0n) is 12.1. The summed E-state index contributed by atoms with van der Waals surface area (Å²) in [7, 11) is 0. The first-order valence-electron chi connectivity index (χ1n) is 7.60. The van der Waals surface area contributed by atoms with Gasteiger partial charge in [0.2, 0.25) is 5.91 Å². The van der Waals surface area contributed by atoms with Crippen LogP contribution in [0, 0.1) is 24.2 Å². The average Bonchev–Trinajstić information content (AvgIpc) is 2.98. The van der Waals surface area contributed by atoms with Gasteiger partial charge in [-0.3, -0.25) is 4.79 Å². The number of hydrogen-bond acceptors (Lipinski definition) is 4. The van der Waals surface area contributed by atoms with E-state index in [-0.39, 0.29) is 11.8 Å². The molecule has 1 saturated carbocycles. The van der Waals surface area contributed by atoms with Crippen molar-refractivity contribution in [2.45, 2.75) is 49.8 Å². The van der Waals surface area contributed by atoms with Crippen molar-refractivity contribution in [1.82, 2.24) is 5.32 Å². The zero-order valence-corrected chi connectivity index (χ0v) is 12.1. The summed E-state index contributed by atoms with van der Waals surface area (Å²) in [5.41, 5.74) is -1.17. The Bertz CT molecular complexity index is 528. The van der Waals surface area contributed by atoms with Crippen molar-refractivity contribution in [2.75, 3.05) is 6.54 Å². The van der Waals surface area contributed by atoms with E-state index in [1.54, 1.807) is 0 Å². The minimum Gasteiger partial charge on any atom is -0.387 e. The second-order valence-corrected chi connectivity index (χ2v) is 6.46. The molecular formula is C16H21N3O2. The molecular weight excluding hydrogens is 266 g/mol. The minimum absolute atomic E-state index is 0.0486.